The molecular formula is C11H20O3. The van der Waals surface area contributed by atoms with Crippen molar-refractivity contribution < 1.29 is 14.6 Å². The van der Waals surface area contributed by atoms with Crippen LogP contribution in [-0.4, -0.2) is 23.3 Å². The molecule has 0 bridgehead atoms. The third kappa shape index (κ3) is 2.27. The van der Waals surface area contributed by atoms with Crippen molar-refractivity contribution in [1.29, 1.82) is 0 Å². The minimum absolute atomic E-state index is 0.114. The first kappa shape index (κ1) is 11.5. The number of hydrogen-bond acceptors (Lipinski definition) is 3. The Labute approximate surface area is 85.5 Å². The molecule has 0 aliphatic carbocycles. The number of aliphatic hydroxyl groups excluding tert-OH is 1. The number of aliphatic hydroxyl groups is 1. The first-order chi connectivity index (χ1) is 6.57. The van der Waals surface area contributed by atoms with Crippen LogP contribution < -0.4 is 0 Å². The Morgan fingerprint density at radius 2 is 2.07 bits per heavy atom. The van der Waals surface area contributed by atoms with Crippen molar-refractivity contribution in [1.82, 2.24) is 0 Å². The molecule has 4 atom stereocenters. The first-order valence-electron chi connectivity index (χ1n) is 5.46. The molecule has 1 aliphatic heterocycles. The molecule has 1 fully saturated rings. The van der Waals surface area contributed by atoms with Crippen molar-refractivity contribution in [2.45, 2.75) is 52.2 Å². The van der Waals surface area contributed by atoms with Crippen LogP contribution in [0.25, 0.3) is 0 Å². The van der Waals surface area contributed by atoms with Gasteiger partial charge in [-0.3, -0.25) is 4.79 Å². The van der Waals surface area contributed by atoms with E-state index in [4.69, 9.17) is 4.74 Å². The van der Waals surface area contributed by atoms with Crippen molar-refractivity contribution in [2.75, 3.05) is 0 Å². The van der Waals surface area contributed by atoms with E-state index in [1.807, 2.05) is 6.92 Å². The molecule has 1 heterocycles. The SMILES string of the molecule is CCCC[C@@H]1[C@H](O)[C@@H](C)C(=O)O[C@@H]1C. The Kier molecular flexibility index (Phi) is 3.93. The van der Waals surface area contributed by atoms with E-state index in [9.17, 15) is 9.90 Å². The summed E-state index contributed by atoms with van der Waals surface area (Å²) in [6.07, 6.45) is 2.46. The second kappa shape index (κ2) is 4.78. The van der Waals surface area contributed by atoms with E-state index in [-0.39, 0.29) is 23.9 Å². The maximum atomic E-state index is 11.3. The third-order valence-electron chi connectivity index (χ3n) is 3.12. The minimum atomic E-state index is -0.530. The average Bonchev–Trinajstić information content (AvgIpc) is 2.14. The summed E-state index contributed by atoms with van der Waals surface area (Å²) in [6, 6.07) is 0. The lowest BCUT2D eigenvalue weighted by Crippen LogP contribution is -2.46. The van der Waals surface area contributed by atoms with E-state index in [0.717, 1.165) is 19.3 Å². The lowest BCUT2D eigenvalue weighted by molar-refractivity contribution is -0.177. The van der Waals surface area contributed by atoms with Gasteiger partial charge < -0.3 is 9.84 Å². The molecule has 0 amide bonds. The minimum Gasteiger partial charge on any atom is -0.462 e. The summed E-state index contributed by atoms with van der Waals surface area (Å²) in [5.41, 5.74) is 0. The van der Waals surface area contributed by atoms with E-state index < -0.39 is 6.10 Å². The summed E-state index contributed by atoms with van der Waals surface area (Å²) in [6.45, 7) is 5.72. The molecule has 82 valence electrons. The van der Waals surface area contributed by atoms with Crippen LogP contribution in [0.4, 0.5) is 0 Å². The smallest absolute Gasteiger partial charge is 0.311 e. The molecule has 0 radical (unpaired) electrons. The van der Waals surface area contributed by atoms with Gasteiger partial charge in [0.05, 0.1) is 12.0 Å². The van der Waals surface area contributed by atoms with Crippen LogP contribution >= 0.6 is 0 Å². The number of carbonyl (C=O) groups is 1. The molecule has 1 aliphatic rings. The second-order valence-electron chi connectivity index (χ2n) is 4.23. The van der Waals surface area contributed by atoms with Crippen LogP contribution in [0.1, 0.15) is 40.0 Å². The highest BCUT2D eigenvalue weighted by atomic mass is 16.5. The topological polar surface area (TPSA) is 46.5 Å². The highest BCUT2D eigenvalue weighted by Gasteiger charge is 2.40. The van der Waals surface area contributed by atoms with Crippen LogP contribution in [-0.2, 0) is 9.53 Å². The van der Waals surface area contributed by atoms with Gasteiger partial charge in [-0.2, -0.15) is 0 Å². The molecule has 1 N–H and O–H groups in total. The Balaban J connectivity index is 2.59. The molecule has 0 unspecified atom stereocenters. The molecule has 0 aromatic rings. The van der Waals surface area contributed by atoms with E-state index in [0.29, 0.717) is 0 Å². The fourth-order valence-corrected chi connectivity index (χ4v) is 2.01. The van der Waals surface area contributed by atoms with E-state index in [1.165, 1.54) is 0 Å². The zero-order valence-electron chi connectivity index (χ0n) is 9.19. The van der Waals surface area contributed by atoms with Crippen LogP contribution in [0, 0.1) is 11.8 Å². The van der Waals surface area contributed by atoms with Gasteiger partial charge in [0.25, 0.3) is 0 Å². The van der Waals surface area contributed by atoms with E-state index in [2.05, 4.69) is 6.92 Å². The van der Waals surface area contributed by atoms with Gasteiger partial charge in [0.2, 0.25) is 0 Å². The normalized spacial score (nSPS) is 38.1. The van der Waals surface area contributed by atoms with Gasteiger partial charge in [0, 0.05) is 5.92 Å². The van der Waals surface area contributed by atoms with Gasteiger partial charge in [0.15, 0.2) is 0 Å². The number of hydrogen-bond donors (Lipinski definition) is 1. The monoisotopic (exact) mass is 200 g/mol. The molecule has 3 nitrogen and oxygen atoms in total. The predicted octanol–water partition coefficient (Wildman–Crippen LogP) is 1.74. The van der Waals surface area contributed by atoms with Crippen LogP contribution in [0.3, 0.4) is 0 Å². The zero-order chi connectivity index (χ0) is 10.7. The third-order valence-corrected chi connectivity index (χ3v) is 3.12. The van der Waals surface area contributed by atoms with Crippen molar-refractivity contribution >= 4 is 5.97 Å². The maximum Gasteiger partial charge on any atom is 0.311 e. The summed E-state index contributed by atoms with van der Waals surface area (Å²) in [5, 5.41) is 9.90. The second-order valence-corrected chi connectivity index (χ2v) is 4.23. The number of ether oxygens (including phenoxy) is 1. The van der Waals surface area contributed by atoms with Crippen LogP contribution in [0.5, 0.6) is 0 Å². The maximum absolute atomic E-state index is 11.3. The van der Waals surface area contributed by atoms with Crippen molar-refractivity contribution in [3.63, 3.8) is 0 Å². The summed E-state index contributed by atoms with van der Waals surface area (Å²) in [4.78, 5) is 11.3. The summed E-state index contributed by atoms with van der Waals surface area (Å²) in [5.74, 6) is -0.520. The van der Waals surface area contributed by atoms with Crippen LogP contribution in [0.15, 0.2) is 0 Å². The molecule has 14 heavy (non-hydrogen) atoms. The number of rotatable bonds is 3. The Morgan fingerprint density at radius 1 is 1.43 bits per heavy atom. The standard InChI is InChI=1S/C11H20O3/c1-4-5-6-9-8(3)14-11(13)7(2)10(9)12/h7-10,12H,4-6H2,1-3H3/t7-,8-,9+,10-/m1/s1. The largest absolute Gasteiger partial charge is 0.462 e. The molecule has 3 heteroatoms. The lowest BCUT2D eigenvalue weighted by atomic mass is 9.82. The summed E-state index contributed by atoms with van der Waals surface area (Å²) in [7, 11) is 0. The van der Waals surface area contributed by atoms with Gasteiger partial charge in [-0.1, -0.05) is 19.8 Å². The Morgan fingerprint density at radius 3 is 2.64 bits per heavy atom. The highest BCUT2D eigenvalue weighted by molar-refractivity contribution is 5.73. The zero-order valence-corrected chi connectivity index (χ0v) is 9.19. The quantitative estimate of drug-likeness (QED) is 0.706. The van der Waals surface area contributed by atoms with Gasteiger partial charge in [-0.05, 0) is 20.3 Å². The molecule has 0 saturated carbocycles. The fraction of sp³-hybridized carbons (Fsp3) is 0.909. The van der Waals surface area contributed by atoms with Crippen molar-refractivity contribution in [2.24, 2.45) is 11.8 Å². The van der Waals surface area contributed by atoms with Gasteiger partial charge in [0.1, 0.15) is 6.10 Å². The van der Waals surface area contributed by atoms with Gasteiger partial charge in [-0.15, -0.1) is 0 Å². The summed E-state index contributed by atoms with van der Waals surface area (Å²) >= 11 is 0. The molecule has 1 rings (SSSR count). The predicted molar refractivity (Wildman–Crippen MR) is 53.7 cm³/mol. The average molecular weight is 200 g/mol. The van der Waals surface area contributed by atoms with E-state index in [1.54, 1.807) is 6.92 Å². The Bertz CT molecular complexity index is 203. The van der Waals surface area contributed by atoms with Crippen molar-refractivity contribution in [3.05, 3.63) is 0 Å². The first-order valence-corrected chi connectivity index (χ1v) is 5.46. The number of cyclic esters (lactones) is 1. The number of unbranched alkanes of at least 4 members (excludes halogenated alkanes) is 1. The highest BCUT2D eigenvalue weighted by Crippen LogP contribution is 2.30. The van der Waals surface area contributed by atoms with Crippen LogP contribution in [0.2, 0.25) is 0 Å². The van der Waals surface area contributed by atoms with Gasteiger partial charge in [-0.25, -0.2) is 0 Å². The molecule has 1 saturated heterocycles. The van der Waals surface area contributed by atoms with Crippen molar-refractivity contribution in [3.8, 4) is 0 Å². The molecule has 0 spiro atoms. The molecule has 0 aromatic heterocycles. The Hall–Kier alpha value is -0.570. The van der Waals surface area contributed by atoms with Gasteiger partial charge >= 0.3 is 5.97 Å². The lowest BCUT2D eigenvalue weighted by Gasteiger charge is -2.36. The number of carbonyl (C=O) groups excluding carboxylic acids is 1. The van der Waals surface area contributed by atoms with E-state index >= 15 is 0 Å². The fourth-order valence-electron chi connectivity index (χ4n) is 2.01. The summed E-state index contributed by atoms with van der Waals surface area (Å²) < 4.78 is 5.18. The molecular weight excluding hydrogens is 180 g/mol. The number of esters is 1. The molecule has 0 aromatic carbocycles.